The third-order valence-corrected chi connectivity index (χ3v) is 6.51. The van der Waals surface area contributed by atoms with Crippen LogP contribution < -0.4 is 15.8 Å². The lowest BCUT2D eigenvalue weighted by molar-refractivity contribution is 0.235. The van der Waals surface area contributed by atoms with Crippen LogP contribution in [0.15, 0.2) is 54.9 Å². The molecule has 0 spiro atoms. The van der Waals surface area contributed by atoms with Crippen LogP contribution in [0.25, 0.3) is 39.0 Å². The Morgan fingerprint density at radius 2 is 2.16 bits per heavy atom. The van der Waals surface area contributed by atoms with Crippen LogP contribution in [0.4, 0.5) is 0 Å². The standard InChI is InChI=1S/C25H25N5O/c1-15(12-26)16-5-7-22-18(9-16)10-23-19-6-4-17(11-24(19)31-14-30(22)23)21-13-28-25(29-21)20-3-2-8-27-20/h4-7,9-13,20,27H,2-3,8,14,26H2,1H3,(H,28,29)/b15-12+/t20-/m0/s1. The molecular weight excluding hydrogens is 386 g/mol. The predicted molar refractivity (Wildman–Crippen MR) is 123 cm³/mol. The zero-order valence-electron chi connectivity index (χ0n) is 17.5. The second-order valence-corrected chi connectivity index (χ2v) is 8.40. The zero-order valence-corrected chi connectivity index (χ0v) is 17.5. The highest BCUT2D eigenvalue weighted by atomic mass is 16.5. The molecule has 1 atom stereocenters. The summed E-state index contributed by atoms with van der Waals surface area (Å²) in [6.45, 7) is 3.59. The SMILES string of the molecule is C/C(=C\N)c1ccc2c(c1)cc1n2COc2cc(-c3cnc([C@@H]4CCCN4)[nH]3)ccc2-1. The molecule has 0 radical (unpaired) electrons. The van der Waals surface area contributed by atoms with Crippen molar-refractivity contribution in [3.8, 4) is 28.3 Å². The maximum absolute atomic E-state index is 6.17. The molecule has 6 rings (SSSR count). The van der Waals surface area contributed by atoms with E-state index in [2.05, 4.69) is 62.3 Å². The smallest absolute Gasteiger partial charge is 0.165 e. The monoisotopic (exact) mass is 411 g/mol. The number of aromatic amines is 1. The second kappa shape index (κ2) is 7.03. The minimum atomic E-state index is 0.334. The fourth-order valence-corrected chi connectivity index (χ4v) is 4.71. The Bertz CT molecular complexity index is 1320. The fourth-order valence-electron chi connectivity index (χ4n) is 4.71. The summed E-state index contributed by atoms with van der Waals surface area (Å²) in [4.78, 5) is 8.10. The number of nitrogens with two attached hydrogens (primary N) is 1. The van der Waals surface area contributed by atoms with Gasteiger partial charge in [-0.05, 0) is 74.0 Å². The maximum atomic E-state index is 6.17. The van der Waals surface area contributed by atoms with Crippen molar-refractivity contribution in [1.82, 2.24) is 19.9 Å². The molecule has 0 aliphatic carbocycles. The average Bonchev–Trinajstić information content (AvgIpc) is 3.56. The molecule has 0 amide bonds. The number of H-pyrrole nitrogens is 1. The molecule has 4 aromatic rings. The number of aromatic nitrogens is 3. The summed E-state index contributed by atoms with van der Waals surface area (Å²) in [5.74, 6) is 1.92. The molecule has 2 aromatic heterocycles. The van der Waals surface area contributed by atoms with Crippen molar-refractivity contribution in [2.45, 2.75) is 32.5 Å². The van der Waals surface area contributed by atoms with E-state index in [0.29, 0.717) is 12.8 Å². The first-order valence-electron chi connectivity index (χ1n) is 10.8. The topological polar surface area (TPSA) is 80.9 Å². The van der Waals surface area contributed by atoms with E-state index in [1.165, 1.54) is 23.0 Å². The van der Waals surface area contributed by atoms with Crippen LogP contribution in [-0.4, -0.2) is 21.1 Å². The Labute approximate surface area is 180 Å². The average molecular weight is 412 g/mol. The van der Waals surface area contributed by atoms with Crippen molar-refractivity contribution >= 4 is 16.5 Å². The van der Waals surface area contributed by atoms with E-state index in [-0.39, 0.29) is 0 Å². The summed E-state index contributed by atoms with van der Waals surface area (Å²) in [7, 11) is 0. The highest BCUT2D eigenvalue weighted by molar-refractivity contribution is 5.91. The van der Waals surface area contributed by atoms with Crippen LogP contribution in [0, 0.1) is 0 Å². The van der Waals surface area contributed by atoms with Crippen LogP contribution in [-0.2, 0) is 6.73 Å². The highest BCUT2D eigenvalue weighted by Gasteiger charge is 2.22. The Balaban J connectivity index is 1.38. The number of fused-ring (bicyclic) bond motifs is 5. The third-order valence-electron chi connectivity index (χ3n) is 6.51. The van der Waals surface area contributed by atoms with Crippen LogP contribution in [0.1, 0.15) is 37.2 Å². The molecule has 156 valence electrons. The summed E-state index contributed by atoms with van der Waals surface area (Å²) >= 11 is 0. The van der Waals surface area contributed by atoms with Gasteiger partial charge in [0.2, 0.25) is 0 Å². The van der Waals surface area contributed by atoms with Gasteiger partial charge in [0.1, 0.15) is 11.6 Å². The van der Waals surface area contributed by atoms with Crippen LogP contribution in [0.2, 0.25) is 0 Å². The second-order valence-electron chi connectivity index (χ2n) is 8.40. The van der Waals surface area contributed by atoms with E-state index < -0.39 is 0 Å². The Hall–Kier alpha value is -3.51. The summed E-state index contributed by atoms with van der Waals surface area (Å²) in [5, 5.41) is 4.69. The van der Waals surface area contributed by atoms with Crippen LogP contribution >= 0.6 is 0 Å². The molecule has 2 aliphatic heterocycles. The minimum Gasteiger partial charge on any atom is -0.472 e. The molecular formula is C25H25N5O. The predicted octanol–water partition coefficient (Wildman–Crippen LogP) is 4.79. The van der Waals surface area contributed by atoms with Gasteiger partial charge in [0.05, 0.1) is 29.1 Å². The highest BCUT2D eigenvalue weighted by Crippen LogP contribution is 2.40. The first-order chi connectivity index (χ1) is 15.2. The van der Waals surface area contributed by atoms with Crippen molar-refractivity contribution in [3.05, 3.63) is 66.2 Å². The van der Waals surface area contributed by atoms with Crippen molar-refractivity contribution in [3.63, 3.8) is 0 Å². The van der Waals surface area contributed by atoms with E-state index in [9.17, 15) is 0 Å². The van der Waals surface area contributed by atoms with Crippen molar-refractivity contribution in [1.29, 1.82) is 0 Å². The maximum Gasteiger partial charge on any atom is 0.165 e. The Morgan fingerprint density at radius 1 is 1.23 bits per heavy atom. The Kier molecular flexibility index (Phi) is 4.14. The quantitative estimate of drug-likeness (QED) is 0.453. The number of benzene rings is 2. The van der Waals surface area contributed by atoms with Crippen molar-refractivity contribution < 1.29 is 4.74 Å². The van der Waals surface area contributed by atoms with Crippen molar-refractivity contribution in [2.75, 3.05) is 6.54 Å². The molecule has 31 heavy (non-hydrogen) atoms. The van der Waals surface area contributed by atoms with Gasteiger partial charge < -0.3 is 25.3 Å². The first kappa shape index (κ1) is 18.3. The van der Waals surface area contributed by atoms with E-state index in [1.54, 1.807) is 6.20 Å². The summed E-state index contributed by atoms with van der Waals surface area (Å²) in [6, 6.07) is 15.4. The number of nitrogens with one attached hydrogen (secondary N) is 2. The number of nitrogens with zero attached hydrogens (tertiary/aromatic N) is 2. The Morgan fingerprint density at radius 3 is 3.00 bits per heavy atom. The van der Waals surface area contributed by atoms with Crippen molar-refractivity contribution in [2.24, 2.45) is 5.73 Å². The minimum absolute atomic E-state index is 0.334. The molecule has 2 aromatic carbocycles. The molecule has 0 bridgehead atoms. The van der Waals surface area contributed by atoms with E-state index in [4.69, 9.17) is 10.5 Å². The van der Waals surface area contributed by atoms with Gasteiger partial charge in [0, 0.05) is 16.5 Å². The summed E-state index contributed by atoms with van der Waals surface area (Å²) in [5.41, 5.74) is 13.5. The zero-order chi connectivity index (χ0) is 20.9. The first-order valence-corrected chi connectivity index (χ1v) is 10.8. The lowest BCUT2D eigenvalue weighted by Gasteiger charge is -2.21. The van der Waals surface area contributed by atoms with Gasteiger partial charge in [-0.25, -0.2) is 4.98 Å². The molecule has 6 heteroatoms. The number of hydrogen-bond acceptors (Lipinski definition) is 4. The summed E-state index contributed by atoms with van der Waals surface area (Å²) < 4.78 is 8.39. The molecule has 1 fully saturated rings. The van der Waals surface area contributed by atoms with E-state index >= 15 is 0 Å². The molecule has 0 saturated carbocycles. The lowest BCUT2D eigenvalue weighted by Crippen LogP contribution is -2.14. The molecule has 2 aliphatic rings. The lowest BCUT2D eigenvalue weighted by atomic mass is 10.0. The molecule has 4 heterocycles. The van der Waals surface area contributed by atoms with Gasteiger partial charge in [-0.3, -0.25) is 0 Å². The largest absolute Gasteiger partial charge is 0.472 e. The van der Waals surface area contributed by atoms with E-state index in [1.807, 2.05) is 13.1 Å². The molecule has 1 saturated heterocycles. The van der Waals surface area contributed by atoms with E-state index in [0.717, 1.165) is 52.5 Å². The summed E-state index contributed by atoms with van der Waals surface area (Å²) in [6.07, 6.45) is 5.91. The van der Waals surface area contributed by atoms with Gasteiger partial charge in [-0.2, -0.15) is 0 Å². The van der Waals surface area contributed by atoms with Gasteiger partial charge in [0.15, 0.2) is 6.73 Å². The third kappa shape index (κ3) is 2.94. The fraction of sp³-hybridized carbons (Fsp3) is 0.240. The van der Waals surface area contributed by atoms with Crippen LogP contribution in [0.3, 0.4) is 0 Å². The molecule has 0 unspecified atom stereocenters. The van der Waals surface area contributed by atoms with Gasteiger partial charge in [0.25, 0.3) is 0 Å². The number of rotatable bonds is 3. The number of ether oxygens (including phenoxy) is 1. The number of imidazole rings is 1. The molecule has 4 N–H and O–H groups in total. The van der Waals surface area contributed by atoms with Gasteiger partial charge >= 0.3 is 0 Å². The number of hydrogen-bond donors (Lipinski definition) is 3. The van der Waals surface area contributed by atoms with Crippen LogP contribution in [0.5, 0.6) is 5.75 Å². The normalized spacial score (nSPS) is 18.1. The number of allylic oxidation sites excluding steroid dienone is 1. The van der Waals surface area contributed by atoms with Gasteiger partial charge in [-0.15, -0.1) is 0 Å². The van der Waals surface area contributed by atoms with Gasteiger partial charge in [-0.1, -0.05) is 12.1 Å². The molecule has 6 nitrogen and oxygen atoms in total.